The molecule has 3 N–H and O–H groups in total. The van der Waals surface area contributed by atoms with Crippen molar-refractivity contribution in [2.45, 2.75) is 13.1 Å². The van der Waals surface area contributed by atoms with Gasteiger partial charge in [-0.25, -0.2) is 4.79 Å². The van der Waals surface area contributed by atoms with Gasteiger partial charge in [-0.3, -0.25) is 0 Å². The van der Waals surface area contributed by atoms with Crippen LogP contribution < -0.4 is 11.0 Å². The van der Waals surface area contributed by atoms with E-state index in [0.29, 0.717) is 0 Å². The van der Waals surface area contributed by atoms with E-state index in [1.807, 2.05) is 18.2 Å². The lowest BCUT2D eigenvalue weighted by Gasteiger charge is -2.03. The van der Waals surface area contributed by atoms with Gasteiger partial charge < -0.3 is 15.3 Å². The Labute approximate surface area is 108 Å². The molecular formula is C13H13N3OS. The van der Waals surface area contributed by atoms with E-state index in [-0.39, 0.29) is 5.69 Å². The number of nitrogens with one attached hydrogen (secondary N) is 3. The number of benzene rings is 1. The summed E-state index contributed by atoms with van der Waals surface area (Å²) in [4.78, 5) is 16.6. The van der Waals surface area contributed by atoms with Crippen LogP contribution in [0, 0.1) is 0 Å². The molecule has 0 unspecified atom stereocenters. The van der Waals surface area contributed by atoms with Gasteiger partial charge in [0.2, 0.25) is 0 Å². The lowest BCUT2D eigenvalue weighted by atomic mass is 10.2. The summed E-state index contributed by atoms with van der Waals surface area (Å²) in [5.41, 5.74) is 4.01. The second-order valence-corrected chi connectivity index (χ2v) is 4.97. The molecule has 0 saturated heterocycles. The molecule has 0 atom stereocenters. The minimum atomic E-state index is -0.159. The molecule has 1 aromatic carbocycles. The topological polar surface area (TPSA) is 60.7 Å². The molecule has 3 rings (SSSR count). The largest absolute Gasteiger partial charge is 0.323 e. The van der Waals surface area contributed by atoms with Crippen molar-refractivity contribution in [3.63, 3.8) is 0 Å². The SMILES string of the molecule is O=c1[nH]c2ccc(CNCc3ccsc3)cc2[nH]1. The Morgan fingerprint density at radius 1 is 1.06 bits per heavy atom. The maximum atomic E-state index is 11.1. The van der Waals surface area contributed by atoms with Gasteiger partial charge in [-0.05, 0) is 40.1 Å². The number of hydrogen-bond donors (Lipinski definition) is 3. The summed E-state index contributed by atoms with van der Waals surface area (Å²) in [7, 11) is 0. The van der Waals surface area contributed by atoms with Crippen LogP contribution in [0.3, 0.4) is 0 Å². The van der Waals surface area contributed by atoms with Gasteiger partial charge in [0.1, 0.15) is 0 Å². The van der Waals surface area contributed by atoms with Gasteiger partial charge in [0.15, 0.2) is 0 Å². The summed E-state index contributed by atoms with van der Waals surface area (Å²) in [5.74, 6) is 0. The minimum Gasteiger partial charge on any atom is -0.309 e. The van der Waals surface area contributed by atoms with E-state index in [1.54, 1.807) is 11.3 Å². The quantitative estimate of drug-likeness (QED) is 0.672. The number of fused-ring (bicyclic) bond motifs is 1. The van der Waals surface area contributed by atoms with Crippen molar-refractivity contribution in [1.82, 2.24) is 15.3 Å². The van der Waals surface area contributed by atoms with Crippen molar-refractivity contribution >= 4 is 22.4 Å². The molecule has 0 aliphatic rings. The summed E-state index contributed by atoms with van der Waals surface area (Å²) in [5, 5.41) is 7.60. The molecule has 4 nitrogen and oxygen atoms in total. The summed E-state index contributed by atoms with van der Waals surface area (Å²) in [6, 6.07) is 8.06. The average molecular weight is 259 g/mol. The molecule has 2 heterocycles. The Morgan fingerprint density at radius 2 is 1.89 bits per heavy atom. The zero-order valence-electron chi connectivity index (χ0n) is 9.69. The van der Waals surface area contributed by atoms with E-state index in [9.17, 15) is 4.79 Å². The highest BCUT2D eigenvalue weighted by molar-refractivity contribution is 7.07. The Kier molecular flexibility index (Phi) is 3.00. The second kappa shape index (κ2) is 4.80. The molecule has 0 aliphatic carbocycles. The maximum absolute atomic E-state index is 11.1. The normalized spacial score (nSPS) is 11.1. The van der Waals surface area contributed by atoms with Crippen LogP contribution in [-0.2, 0) is 13.1 Å². The summed E-state index contributed by atoms with van der Waals surface area (Å²) in [6.07, 6.45) is 0. The van der Waals surface area contributed by atoms with Crippen LogP contribution in [0.25, 0.3) is 11.0 Å². The van der Waals surface area contributed by atoms with Crippen molar-refractivity contribution in [3.8, 4) is 0 Å². The first kappa shape index (κ1) is 11.3. The highest BCUT2D eigenvalue weighted by Crippen LogP contribution is 2.10. The van der Waals surface area contributed by atoms with Crippen LogP contribution in [0.2, 0.25) is 0 Å². The number of imidazole rings is 1. The summed E-state index contributed by atoms with van der Waals surface area (Å²) >= 11 is 1.71. The van der Waals surface area contributed by atoms with Crippen LogP contribution in [0.4, 0.5) is 0 Å². The zero-order valence-corrected chi connectivity index (χ0v) is 10.5. The molecule has 0 amide bonds. The molecule has 92 valence electrons. The van der Waals surface area contributed by atoms with Crippen LogP contribution in [0.1, 0.15) is 11.1 Å². The Bertz CT molecular complexity index is 696. The van der Waals surface area contributed by atoms with Crippen LogP contribution in [0.5, 0.6) is 0 Å². The van der Waals surface area contributed by atoms with Gasteiger partial charge in [-0.1, -0.05) is 6.07 Å². The van der Waals surface area contributed by atoms with Crippen LogP contribution in [0.15, 0.2) is 39.8 Å². The first-order valence-corrected chi connectivity index (χ1v) is 6.68. The predicted octanol–water partition coefficient (Wildman–Crippen LogP) is 2.21. The molecule has 0 saturated carbocycles. The van der Waals surface area contributed by atoms with Crippen molar-refractivity contribution in [3.05, 3.63) is 56.6 Å². The third-order valence-electron chi connectivity index (χ3n) is 2.82. The van der Waals surface area contributed by atoms with Crippen LogP contribution >= 0.6 is 11.3 Å². The van der Waals surface area contributed by atoms with E-state index < -0.39 is 0 Å². The lowest BCUT2D eigenvalue weighted by molar-refractivity contribution is 0.695. The van der Waals surface area contributed by atoms with E-state index in [1.165, 1.54) is 5.56 Å². The highest BCUT2D eigenvalue weighted by atomic mass is 32.1. The van der Waals surface area contributed by atoms with Crippen molar-refractivity contribution in [2.75, 3.05) is 0 Å². The minimum absolute atomic E-state index is 0.159. The number of H-pyrrole nitrogens is 2. The van der Waals surface area contributed by atoms with E-state index in [0.717, 1.165) is 29.7 Å². The van der Waals surface area contributed by atoms with Gasteiger partial charge in [0.25, 0.3) is 0 Å². The molecule has 0 bridgehead atoms. The Balaban J connectivity index is 1.69. The smallest absolute Gasteiger partial charge is 0.309 e. The monoisotopic (exact) mass is 259 g/mol. The van der Waals surface area contributed by atoms with Crippen molar-refractivity contribution in [2.24, 2.45) is 0 Å². The van der Waals surface area contributed by atoms with Gasteiger partial charge in [-0.15, -0.1) is 0 Å². The Hall–Kier alpha value is -1.85. The third kappa shape index (κ3) is 2.37. The molecule has 3 aromatic rings. The molecule has 0 fully saturated rings. The fraction of sp³-hybridized carbons (Fsp3) is 0.154. The first-order chi connectivity index (χ1) is 8.81. The molecule has 0 aliphatic heterocycles. The molecular weight excluding hydrogens is 246 g/mol. The predicted molar refractivity (Wildman–Crippen MR) is 73.8 cm³/mol. The number of rotatable bonds is 4. The summed E-state index contributed by atoms with van der Waals surface area (Å²) in [6.45, 7) is 1.66. The number of aromatic amines is 2. The molecule has 0 spiro atoms. The Morgan fingerprint density at radius 3 is 2.72 bits per heavy atom. The third-order valence-corrected chi connectivity index (χ3v) is 3.55. The highest BCUT2D eigenvalue weighted by Gasteiger charge is 2.00. The van der Waals surface area contributed by atoms with E-state index in [2.05, 4.69) is 32.1 Å². The van der Waals surface area contributed by atoms with Gasteiger partial charge in [-0.2, -0.15) is 11.3 Å². The van der Waals surface area contributed by atoms with Crippen molar-refractivity contribution in [1.29, 1.82) is 0 Å². The van der Waals surface area contributed by atoms with Gasteiger partial charge in [0.05, 0.1) is 11.0 Å². The van der Waals surface area contributed by atoms with E-state index in [4.69, 9.17) is 0 Å². The molecule has 5 heteroatoms. The molecule has 18 heavy (non-hydrogen) atoms. The summed E-state index contributed by atoms with van der Waals surface area (Å²) < 4.78 is 0. The lowest BCUT2D eigenvalue weighted by Crippen LogP contribution is -2.11. The van der Waals surface area contributed by atoms with Crippen LogP contribution in [-0.4, -0.2) is 9.97 Å². The first-order valence-electron chi connectivity index (χ1n) is 5.74. The maximum Gasteiger partial charge on any atom is 0.323 e. The average Bonchev–Trinajstić information content (AvgIpc) is 2.96. The fourth-order valence-corrected chi connectivity index (χ4v) is 2.60. The number of aromatic nitrogens is 2. The second-order valence-electron chi connectivity index (χ2n) is 4.19. The zero-order chi connectivity index (χ0) is 12.4. The van der Waals surface area contributed by atoms with Gasteiger partial charge in [0, 0.05) is 13.1 Å². The number of hydrogen-bond acceptors (Lipinski definition) is 3. The van der Waals surface area contributed by atoms with Gasteiger partial charge >= 0.3 is 5.69 Å². The fourth-order valence-electron chi connectivity index (χ4n) is 1.93. The number of thiophene rings is 1. The van der Waals surface area contributed by atoms with Crippen molar-refractivity contribution < 1.29 is 0 Å². The molecule has 0 radical (unpaired) electrons. The standard InChI is InChI=1S/C13H13N3OS/c17-13-15-11-2-1-9(5-12(11)16-13)6-14-7-10-3-4-18-8-10/h1-5,8,14H,6-7H2,(H2,15,16,17). The molecule has 2 aromatic heterocycles. The van der Waals surface area contributed by atoms with E-state index >= 15 is 0 Å².